The minimum atomic E-state index is -1.17. The normalized spacial score (nSPS) is 9.67. The van der Waals surface area contributed by atoms with E-state index in [2.05, 4.69) is 5.32 Å². The van der Waals surface area contributed by atoms with Crippen molar-refractivity contribution in [1.29, 1.82) is 0 Å². The van der Waals surface area contributed by atoms with Crippen molar-refractivity contribution in [3.05, 3.63) is 34.2 Å². The van der Waals surface area contributed by atoms with Crippen LogP contribution < -0.4 is 10.9 Å². The van der Waals surface area contributed by atoms with E-state index in [9.17, 15) is 14.4 Å². The number of rotatable bonds is 3. The molecule has 2 N–H and O–H groups in total. The maximum Gasteiger partial charge on any atom is 0.335 e. The van der Waals surface area contributed by atoms with Crippen LogP contribution in [0.25, 0.3) is 0 Å². The molecule has 0 bridgehead atoms. The number of nitrogens with zero attached hydrogens (tertiary/aromatic N) is 1. The highest BCUT2D eigenvalue weighted by molar-refractivity contribution is 5.87. The van der Waals surface area contributed by atoms with Crippen molar-refractivity contribution in [2.24, 2.45) is 0 Å². The highest BCUT2D eigenvalue weighted by Gasteiger charge is 2.06. The number of aromatic carboxylic acids is 1. The lowest BCUT2D eigenvalue weighted by molar-refractivity contribution is -0.121. The number of pyridine rings is 1. The Balaban J connectivity index is 2.99. The Labute approximate surface area is 85.1 Å². The molecule has 0 aliphatic rings. The van der Waals surface area contributed by atoms with Crippen molar-refractivity contribution in [2.45, 2.75) is 6.54 Å². The number of hydrogen-bond acceptors (Lipinski definition) is 3. The van der Waals surface area contributed by atoms with Crippen LogP contribution in [0, 0.1) is 0 Å². The smallest absolute Gasteiger partial charge is 0.335 e. The fourth-order valence-electron chi connectivity index (χ4n) is 1.01. The van der Waals surface area contributed by atoms with Crippen LogP contribution in [0.5, 0.6) is 0 Å². The summed E-state index contributed by atoms with van der Waals surface area (Å²) >= 11 is 0. The minimum Gasteiger partial charge on any atom is -0.478 e. The van der Waals surface area contributed by atoms with Crippen LogP contribution in [0.2, 0.25) is 0 Å². The first kappa shape index (κ1) is 11.0. The molecule has 0 radical (unpaired) electrons. The van der Waals surface area contributed by atoms with E-state index in [0.29, 0.717) is 0 Å². The van der Waals surface area contributed by atoms with Gasteiger partial charge >= 0.3 is 5.97 Å². The lowest BCUT2D eigenvalue weighted by Gasteiger charge is -2.04. The van der Waals surface area contributed by atoms with Crippen LogP contribution in [-0.4, -0.2) is 28.6 Å². The van der Waals surface area contributed by atoms with Crippen LogP contribution in [0.3, 0.4) is 0 Å². The molecule has 0 aliphatic heterocycles. The summed E-state index contributed by atoms with van der Waals surface area (Å²) in [4.78, 5) is 32.8. The van der Waals surface area contributed by atoms with Gasteiger partial charge in [-0.05, 0) is 6.07 Å². The fourth-order valence-corrected chi connectivity index (χ4v) is 1.01. The minimum absolute atomic E-state index is 0.0897. The second-order valence-corrected chi connectivity index (χ2v) is 2.86. The number of carbonyl (C=O) groups excluding carboxylic acids is 1. The second-order valence-electron chi connectivity index (χ2n) is 2.86. The molecule has 0 aliphatic carbocycles. The molecule has 6 nitrogen and oxygen atoms in total. The summed E-state index contributed by atoms with van der Waals surface area (Å²) in [6, 6.07) is 2.25. The van der Waals surface area contributed by atoms with Crippen LogP contribution in [0.15, 0.2) is 23.1 Å². The average Bonchev–Trinajstić information content (AvgIpc) is 2.20. The maximum atomic E-state index is 11.3. The van der Waals surface area contributed by atoms with E-state index in [4.69, 9.17) is 5.11 Å². The first-order chi connectivity index (χ1) is 7.04. The molecular formula is C9H10N2O4. The molecule has 1 rings (SSSR count). The number of likely N-dealkylation sites (N-methyl/N-ethyl adjacent to an activating group) is 1. The van der Waals surface area contributed by atoms with E-state index in [0.717, 1.165) is 10.6 Å². The van der Waals surface area contributed by atoms with Crippen molar-refractivity contribution in [1.82, 2.24) is 9.88 Å². The van der Waals surface area contributed by atoms with Gasteiger partial charge in [0.2, 0.25) is 5.91 Å². The molecule has 0 fully saturated rings. The van der Waals surface area contributed by atoms with Gasteiger partial charge in [0.05, 0.1) is 5.56 Å². The Kier molecular flexibility index (Phi) is 3.22. The molecule has 80 valence electrons. The van der Waals surface area contributed by atoms with Crippen LogP contribution in [-0.2, 0) is 11.3 Å². The number of nitrogens with one attached hydrogen (secondary N) is 1. The number of hydrogen-bond donors (Lipinski definition) is 2. The monoisotopic (exact) mass is 210 g/mol. The van der Waals surface area contributed by atoms with Crippen LogP contribution >= 0.6 is 0 Å². The summed E-state index contributed by atoms with van der Waals surface area (Å²) in [5, 5.41) is 11.0. The quantitative estimate of drug-likeness (QED) is 0.690. The number of carboxylic acid groups (broad SMARTS) is 1. The van der Waals surface area contributed by atoms with Crippen molar-refractivity contribution in [3.8, 4) is 0 Å². The van der Waals surface area contributed by atoms with Crippen LogP contribution in [0.1, 0.15) is 10.4 Å². The summed E-state index contributed by atoms with van der Waals surface area (Å²) in [7, 11) is 1.46. The predicted octanol–water partition coefficient (Wildman–Crippen LogP) is -0.708. The standard InChI is InChI=1S/C9H10N2O4/c1-10-7(12)5-11-3-2-6(9(14)15)4-8(11)13/h2-4H,5H2,1H3,(H,10,12)(H,14,15). The molecule has 0 spiro atoms. The van der Waals surface area contributed by atoms with Gasteiger partial charge in [-0.15, -0.1) is 0 Å². The van der Waals surface area contributed by atoms with Gasteiger partial charge in [-0.25, -0.2) is 4.79 Å². The molecule has 0 atom stereocenters. The summed E-state index contributed by atoms with van der Waals surface area (Å²) < 4.78 is 1.13. The largest absolute Gasteiger partial charge is 0.478 e. The Hall–Kier alpha value is -2.11. The second kappa shape index (κ2) is 4.41. The lowest BCUT2D eigenvalue weighted by atomic mass is 10.3. The number of carboxylic acids is 1. The molecular weight excluding hydrogens is 200 g/mol. The van der Waals surface area contributed by atoms with Gasteiger partial charge in [0.1, 0.15) is 6.54 Å². The van der Waals surface area contributed by atoms with E-state index < -0.39 is 11.5 Å². The van der Waals surface area contributed by atoms with Gasteiger partial charge in [-0.1, -0.05) is 0 Å². The molecule has 15 heavy (non-hydrogen) atoms. The first-order valence-corrected chi connectivity index (χ1v) is 4.19. The van der Waals surface area contributed by atoms with E-state index in [1.165, 1.54) is 19.3 Å². The molecule has 1 heterocycles. The molecule has 6 heteroatoms. The van der Waals surface area contributed by atoms with E-state index in [1.807, 2.05) is 0 Å². The summed E-state index contributed by atoms with van der Waals surface area (Å²) in [6.07, 6.45) is 1.28. The third kappa shape index (κ3) is 2.67. The van der Waals surface area contributed by atoms with Gasteiger partial charge in [-0.2, -0.15) is 0 Å². The molecule has 1 amide bonds. The van der Waals surface area contributed by atoms with Crippen LogP contribution in [0.4, 0.5) is 0 Å². The van der Waals surface area contributed by atoms with Crippen molar-refractivity contribution < 1.29 is 14.7 Å². The van der Waals surface area contributed by atoms with E-state index >= 15 is 0 Å². The zero-order valence-electron chi connectivity index (χ0n) is 8.06. The SMILES string of the molecule is CNC(=O)Cn1ccc(C(=O)O)cc1=O. The lowest BCUT2D eigenvalue weighted by Crippen LogP contribution is -2.29. The number of amides is 1. The molecule has 0 saturated heterocycles. The molecule has 0 aromatic carbocycles. The Morgan fingerprint density at radius 1 is 1.53 bits per heavy atom. The van der Waals surface area contributed by atoms with Crippen molar-refractivity contribution in [2.75, 3.05) is 7.05 Å². The van der Waals surface area contributed by atoms with Gasteiger partial charge in [0.25, 0.3) is 5.56 Å². The highest BCUT2D eigenvalue weighted by Crippen LogP contribution is 1.94. The number of aromatic nitrogens is 1. The Morgan fingerprint density at radius 3 is 2.67 bits per heavy atom. The summed E-state index contributed by atoms with van der Waals surface area (Å²) in [5.41, 5.74) is -0.605. The van der Waals surface area contributed by atoms with Gasteiger partial charge in [0, 0.05) is 19.3 Å². The Bertz CT molecular complexity index is 450. The predicted molar refractivity (Wildman–Crippen MR) is 51.7 cm³/mol. The third-order valence-electron chi connectivity index (χ3n) is 1.84. The molecule has 1 aromatic heterocycles. The van der Waals surface area contributed by atoms with E-state index in [1.54, 1.807) is 0 Å². The third-order valence-corrected chi connectivity index (χ3v) is 1.84. The van der Waals surface area contributed by atoms with E-state index in [-0.39, 0.29) is 18.0 Å². The zero-order chi connectivity index (χ0) is 11.4. The number of carbonyl (C=O) groups is 2. The summed E-state index contributed by atoms with van der Waals surface area (Å²) in [5.74, 6) is -1.49. The fraction of sp³-hybridized carbons (Fsp3) is 0.222. The molecule has 1 aromatic rings. The van der Waals surface area contributed by atoms with Gasteiger partial charge < -0.3 is 15.0 Å². The zero-order valence-corrected chi connectivity index (χ0v) is 8.06. The molecule has 0 unspecified atom stereocenters. The summed E-state index contributed by atoms with van der Waals surface area (Å²) in [6.45, 7) is -0.116. The topological polar surface area (TPSA) is 88.4 Å². The first-order valence-electron chi connectivity index (χ1n) is 4.19. The van der Waals surface area contributed by atoms with Gasteiger partial charge in [-0.3, -0.25) is 9.59 Å². The Morgan fingerprint density at radius 2 is 2.20 bits per heavy atom. The van der Waals surface area contributed by atoms with Gasteiger partial charge in [0.15, 0.2) is 0 Å². The molecule has 0 saturated carbocycles. The average molecular weight is 210 g/mol. The van der Waals surface area contributed by atoms with Crippen molar-refractivity contribution in [3.63, 3.8) is 0 Å². The maximum absolute atomic E-state index is 11.3. The van der Waals surface area contributed by atoms with Crippen molar-refractivity contribution >= 4 is 11.9 Å². The highest BCUT2D eigenvalue weighted by atomic mass is 16.4.